The van der Waals surface area contributed by atoms with E-state index in [4.69, 9.17) is 22.1 Å². The number of pyridine rings is 1. The van der Waals surface area contributed by atoms with Crippen LogP contribution in [0.25, 0.3) is 22.0 Å². The number of halogens is 9. The van der Waals surface area contributed by atoms with Gasteiger partial charge in [0.15, 0.2) is 11.6 Å². The van der Waals surface area contributed by atoms with Crippen LogP contribution in [0.15, 0.2) is 18.2 Å². The Hall–Kier alpha value is -3.10. The third kappa shape index (κ3) is 5.52. The molecule has 6 nitrogen and oxygen atoms in total. The molecule has 3 aliphatic heterocycles. The number of nitrogens with zero attached hydrogens (tertiary/aromatic N) is 3. The molecule has 2 bridgehead atoms. The van der Waals surface area contributed by atoms with E-state index in [0.717, 1.165) is 18.9 Å². The Balaban J connectivity index is 1.54. The van der Waals surface area contributed by atoms with Gasteiger partial charge in [-0.1, -0.05) is 11.6 Å². The van der Waals surface area contributed by atoms with Crippen molar-refractivity contribution >= 4 is 33.9 Å². The second-order valence-electron chi connectivity index (χ2n) is 12.5. The predicted molar refractivity (Wildman–Crippen MR) is 154 cm³/mol. The molecule has 6 rings (SSSR count). The van der Waals surface area contributed by atoms with Gasteiger partial charge in [-0.3, -0.25) is 0 Å². The molecule has 3 aromatic rings. The number of aromatic nitrogens is 1. The Kier molecular flexibility index (Phi) is 7.80. The molecule has 3 aliphatic rings. The van der Waals surface area contributed by atoms with Crippen LogP contribution in [0.4, 0.5) is 46.5 Å². The summed E-state index contributed by atoms with van der Waals surface area (Å²) < 4.78 is 126. The minimum Gasteiger partial charge on any atom is -0.477 e. The van der Waals surface area contributed by atoms with Crippen molar-refractivity contribution < 1.29 is 39.9 Å². The highest BCUT2D eigenvalue weighted by Crippen LogP contribution is 2.48. The number of rotatable bonds is 5. The van der Waals surface area contributed by atoms with E-state index in [1.54, 1.807) is 11.9 Å². The summed E-state index contributed by atoms with van der Waals surface area (Å²) in [6.07, 6.45) is -4.00. The van der Waals surface area contributed by atoms with E-state index in [-0.39, 0.29) is 42.1 Å². The van der Waals surface area contributed by atoms with E-state index in [1.165, 1.54) is 13.0 Å². The van der Waals surface area contributed by atoms with Crippen LogP contribution in [0.2, 0.25) is 5.02 Å². The van der Waals surface area contributed by atoms with E-state index < -0.39 is 80.9 Å². The van der Waals surface area contributed by atoms with Gasteiger partial charge in [-0.15, -0.1) is 0 Å². The Morgan fingerprint density at radius 3 is 2.38 bits per heavy atom. The number of alkyl halides is 5. The number of hydrogen-bond donors (Lipinski definition) is 2. The molecule has 244 valence electrons. The van der Waals surface area contributed by atoms with Crippen molar-refractivity contribution in [2.24, 2.45) is 5.41 Å². The van der Waals surface area contributed by atoms with Crippen LogP contribution < -0.4 is 20.7 Å². The Morgan fingerprint density at radius 2 is 1.73 bits per heavy atom. The molecule has 1 aromatic heterocycles. The fourth-order valence-electron chi connectivity index (χ4n) is 6.77. The van der Waals surface area contributed by atoms with Crippen LogP contribution in [0, 0.1) is 22.9 Å². The molecule has 2 aromatic carbocycles. The standard InChI is InChI=1S/C30H30ClF8N5O/c1-28(12-43(2)6-5-29(28,35)36)13-45-21-9-20(44-10-14-3-4-15(11-44)41-14)16-7-18(32)22(26(34)27(16)42-21)23-24(30(37,38)39)17(31)8-19(40)25(23)33/h7-9,14-15,41H,3-6,10-13,40H2,1-2H3/t14-,15+,28?. The van der Waals surface area contributed by atoms with Crippen molar-refractivity contribution in [2.75, 3.05) is 50.5 Å². The number of piperidine rings is 1. The average molecular weight is 664 g/mol. The monoisotopic (exact) mass is 663 g/mol. The molecule has 0 saturated carbocycles. The first-order valence-electron chi connectivity index (χ1n) is 14.4. The molecule has 3 N–H and O–H groups in total. The summed E-state index contributed by atoms with van der Waals surface area (Å²) in [6.45, 7) is 1.86. The number of likely N-dealkylation sites (tertiary alicyclic amines) is 1. The number of nitrogens with one attached hydrogen (secondary N) is 1. The molecule has 0 spiro atoms. The number of benzene rings is 2. The van der Waals surface area contributed by atoms with Gasteiger partial charge >= 0.3 is 6.18 Å². The van der Waals surface area contributed by atoms with Gasteiger partial charge in [-0.25, -0.2) is 26.9 Å². The van der Waals surface area contributed by atoms with Gasteiger partial charge in [-0.05, 0) is 38.9 Å². The molecule has 0 radical (unpaired) electrons. The van der Waals surface area contributed by atoms with Crippen LogP contribution in [-0.4, -0.2) is 67.7 Å². The van der Waals surface area contributed by atoms with Crippen molar-refractivity contribution in [1.29, 1.82) is 0 Å². The number of nitrogens with two attached hydrogens (primary N) is 1. The molecule has 3 fully saturated rings. The highest BCUT2D eigenvalue weighted by molar-refractivity contribution is 6.32. The van der Waals surface area contributed by atoms with Gasteiger partial charge in [0.2, 0.25) is 5.88 Å². The maximum Gasteiger partial charge on any atom is 0.418 e. The van der Waals surface area contributed by atoms with Gasteiger partial charge in [0.05, 0.1) is 32.9 Å². The zero-order valence-electron chi connectivity index (χ0n) is 24.3. The van der Waals surface area contributed by atoms with Crippen molar-refractivity contribution in [3.63, 3.8) is 0 Å². The predicted octanol–water partition coefficient (Wildman–Crippen LogP) is 6.87. The second kappa shape index (κ2) is 11.0. The van der Waals surface area contributed by atoms with Gasteiger partial charge < -0.3 is 25.6 Å². The van der Waals surface area contributed by atoms with E-state index in [0.29, 0.717) is 19.2 Å². The molecular formula is C30H30ClF8N5O. The van der Waals surface area contributed by atoms with Crippen LogP contribution >= 0.6 is 11.6 Å². The first-order chi connectivity index (χ1) is 21.0. The highest BCUT2D eigenvalue weighted by Gasteiger charge is 2.53. The minimum absolute atomic E-state index is 0.0129. The van der Waals surface area contributed by atoms with Crippen LogP contribution in [0.3, 0.4) is 0 Å². The van der Waals surface area contributed by atoms with E-state index >= 15 is 22.0 Å². The summed E-state index contributed by atoms with van der Waals surface area (Å²) in [5.41, 5.74) is -2.04. The zero-order valence-corrected chi connectivity index (χ0v) is 25.0. The van der Waals surface area contributed by atoms with Crippen LogP contribution in [-0.2, 0) is 6.18 Å². The topological polar surface area (TPSA) is 66.7 Å². The van der Waals surface area contributed by atoms with Gasteiger partial charge in [-0.2, -0.15) is 13.2 Å². The summed E-state index contributed by atoms with van der Waals surface area (Å²) in [5.74, 6) is -8.23. The Morgan fingerprint density at radius 1 is 1.07 bits per heavy atom. The lowest BCUT2D eigenvalue weighted by atomic mass is 9.79. The fourth-order valence-corrected chi connectivity index (χ4v) is 7.09. The fraction of sp³-hybridized carbons (Fsp3) is 0.500. The summed E-state index contributed by atoms with van der Waals surface area (Å²) in [5, 5.41) is 2.27. The van der Waals surface area contributed by atoms with Crippen LogP contribution in [0.1, 0.15) is 31.7 Å². The minimum atomic E-state index is -5.31. The lowest BCUT2D eigenvalue weighted by molar-refractivity contribution is -0.168. The molecule has 0 amide bonds. The molecule has 15 heteroatoms. The Bertz CT molecular complexity index is 1660. The second-order valence-corrected chi connectivity index (χ2v) is 12.9. The molecule has 0 aliphatic carbocycles. The molecule has 45 heavy (non-hydrogen) atoms. The van der Waals surface area contributed by atoms with Crippen molar-refractivity contribution in [2.45, 2.75) is 50.4 Å². The number of anilines is 2. The SMILES string of the molecule is CN1CCC(F)(F)C(C)(COc2cc(N3C[C@H]4CC[C@@H](C3)N4)c3cc(F)c(-c4c(F)c(N)cc(Cl)c4C(F)(F)F)c(F)c3n2)C1. The number of piperazine rings is 1. The lowest BCUT2D eigenvalue weighted by Gasteiger charge is -2.44. The maximum absolute atomic E-state index is 16.4. The number of ether oxygens (including phenoxy) is 1. The quantitative estimate of drug-likeness (QED) is 0.230. The van der Waals surface area contributed by atoms with Gasteiger partial charge in [0, 0.05) is 61.7 Å². The summed E-state index contributed by atoms with van der Waals surface area (Å²) in [7, 11) is 1.70. The van der Waals surface area contributed by atoms with Crippen molar-refractivity contribution in [1.82, 2.24) is 15.2 Å². The normalized spacial score (nSPS) is 25.3. The summed E-state index contributed by atoms with van der Waals surface area (Å²) in [6, 6.07) is 2.82. The van der Waals surface area contributed by atoms with Gasteiger partial charge in [0.25, 0.3) is 5.92 Å². The zero-order chi connectivity index (χ0) is 32.6. The molecule has 4 heterocycles. The van der Waals surface area contributed by atoms with E-state index in [2.05, 4.69) is 10.3 Å². The maximum atomic E-state index is 16.4. The average Bonchev–Trinajstić information content (AvgIpc) is 3.28. The van der Waals surface area contributed by atoms with Crippen molar-refractivity contribution in [3.05, 3.63) is 46.2 Å². The smallest absolute Gasteiger partial charge is 0.418 e. The number of fused-ring (bicyclic) bond motifs is 3. The molecular weight excluding hydrogens is 634 g/mol. The summed E-state index contributed by atoms with van der Waals surface area (Å²) >= 11 is 5.79. The van der Waals surface area contributed by atoms with Crippen LogP contribution in [0.5, 0.6) is 5.88 Å². The van der Waals surface area contributed by atoms with E-state index in [9.17, 15) is 13.2 Å². The lowest BCUT2D eigenvalue weighted by Crippen LogP contribution is -2.55. The Labute approximate surface area is 258 Å². The highest BCUT2D eigenvalue weighted by atomic mass is 35.5. The molecule has 1 unspecified atom stereocenters. The number of nitrogen functional groups attached to an aromatic ring is 1. The molecule has 3 saturated heterocycles. The number of hydrogen-bond acceptors (Lipinski definition) is 6. The first kappa shape index (κ1) is 31.9. The third-order valence-corrected chi connectivity index (χ3v) is 9.43. The van der Waals surface area contributed by atoms with Gasteiger partial charge in [0.1, 0.15) is 17.9 Å². The largest absolute Gasteiger partial charge is 0.477 e. The third-order valence-electron chi connectivity index (χ3n) is 9.13. The first-order valence-corrected chi connectivity index (χ1v) is 14.7. The molecule has 3 atom stereocenters. The van der Waals surface area contributed by atoms with E-state index in [1.807, 2.05) is 4.90 Å². The van der Waals surface area contributed by atoms with Crippen molar-refractivity contribution in [3.8, 4) is 17.0 Å². The summed E-state index contributed by atoms with van der Waals surface area (Å²) in [4.78, 5) is 7.70.